The molecule has 8 heteroatoms. The minimum atomic E-state index is -0.623. The summed E-state index contributed by atoms with van der Waals surface area (Å²) in [6, 6.07) is 5.89. The van der Waals surface area contributed by atoms with Crippen LogP contribution in [0.25, 0.3) is 0 Å². The summed E-state index contributed by atoms with van der Waals surface area (Å²) >= 11 is 0. The van der Waals surface area contributed by atoms with Gasteiger partial charge in [0, 0.05) is 12.2 Å². The molecule has 0 amide bonds. The summed E-state index contributed by atoms with van der Waals surface area (Å²) in [5, 5.41) is 13.5. The second kappa shape index (κ2) is 7.28. The number of nitrogen functional groups attached to an aromatic ring is 1. The molecule has 134 valence electrons. The number of nitrogens with two attached hydrogens (primary N) is 1. The van der Waals surface area contributed by atoms with Gasteiger partial charge in [-0.15, -0.1) is 0 Å². The first-order valence-corrected chi connectivity index (χ1v) is 8.36. The minimum Gasteiger partial charge on any atom is -0.389 e. The van der Waals surface area contributed by atoms with E-state index < -0.39 is 5.60 Å². The maximum absolute atomic E-state index is 13.0. The number of hydrogen-bond donors (Lipinski definition) is 3. The van der Waals surface area contributed by atoms with E-state index >= 15 is 0 Å². The van der Waals surface area contributed by atoms with Gasteiger partial charge in [0.05, 0.1) is 12.1 Å². The number of likely N-dealkylation sites (N-methyl/N-ethyl adjacent to an activating group) is 1. The molecule has 1 heterocycles. The van der Waals surface area contributed by atoms with Crippen LogP contribution in [-0.2, 0) is 6.54 Å². The van der Waals surface area contributed by atoms with Gasteiger partial charge in [-0.1, -0.05) is 12.8 Å². The van der Waals surface area contributed by atoms with Crippen molar-refractivity contribution in [3.63, 3.8) is 0 Å². The fourth-order valence-corrected chi connectivity index (χ4v) is 3.22. The molecule has 1 aromatic heterocycles. The van der Waals surface area contributed by atoms with Gasteiger partial charge in [0.1, 0.15) is 11.6 Å². The maximum atomic E-state index is 13.0. The molecule has 3 rings (SSSR count). The van der Waals surface area contributed by atoms with E-state index in [1.807, 2.05) is 11.9 Å². The molecular formula is C17H23FN6O. The Balaban J connectivity index is 1.67. The summed E-state index contributed by atoms with van der Waals surface area (Å²) in [5.74, 6) is 0.624. The Labute approximate surface area is 146 Å². The van der Waals surface area contributed by atoms with Crippen molar-refractivity contribution in [1.29, 1.82) is 0 Å². The summed E-state index contributed by atoms with van der Waals surface area (Å²) in [7, 11) is 1.92. The summed E-state index contributed by atoms with van der Waals surface area (Å²) < 4.78 is 13.0. The zero-order valence-electron chi connectivity index (χ0n) is 14.2. The van der Waals surface area contributed by atoms with Gasteiger partial charge < -0.3 is 16.2 Å². The van der Waals surface area contributed by atoms with Crippen LogP contribution >= 0.6 is 0 Å². The molecule has 1 aliphatic rings. The molecular weight excluding hydrogens is 323 g/mol. The molecule has 0 aliphatic heterocycles. The van der Waals surface area contributed by atoms with Crippen molar-refractivity contribution in [1.82, 2.24) is 19.9 Å². The van der Waals surface area contributed by atoms with Crippen molar-refractivity contribution in [2.75, 3.05) is 24.6 Å². The highest BCUT2D eigenvalue weighted by atomic mass is 19.1. The lowest BCUT2D eigenvalue weighted by atomic mass is 10.0. The average molecular weight is 346 g/mol. The van der Waals surface area contributed by atoms with Gasteiger partial charge in [-0.05, 0) is 44.2 Å². The van der Waals surface area contributed by atoms with Crippen LogP contribution in [-0.4, -0.2) is 44.2 Å². The largest absolute Gasteiger partial charge is 0.389 e. The molecule has 1 aliphatic carbocycles. The molecule has 0 radical (unpaired) electrons. The minimum absolute atomic E-state index is 0.114. The van der Waals surface area contributed by atoms with Crippen molar-refractivity contribution < 1.29 is 9.50 Å². The number of benzene rings is 1. The zero-order valence-corrected chi connectivity index (χ0v) is 14.2. The fourth-order valence-electron chi connectivity index (χ4n) is 3.22. The lowest BCUT2D eigenvalue weighted by Crippen LogP contribution is -2.39. The van der Waals surface area contributed by atoms with Gasteiger partial charge in [0.15, 0.2) is 0 Å². The number of nitrogens with one attached hydrogen (secondary N) is 1. The normalized spacial score (nSPS) is 16.3. The summed E-state index contributed by atoms with van der Waals surface area (Å²) in [6.07, 6.45) is 3.78. The van der Waals surface area contributed by atoms with E-state index in [-0.39, 0.29) is 11.8 Å². The maximum Gasteiger partial charge on any atom is 0.232 e. The molecule has 0 spiro atoms. The number of halogens is 1. The first-order valence-electron chi connectivity index (χ1n) is 8.36. The van der Waals surface area contributed by atoms with Crippen LogP contribution in [0.5, 0.6) is 0 Å². The predicted molar refractivity (Wildman–Crippen MR) is 93.7 cm³/mol. The Kier molecular flexibility index (Phi) is 5.10. The van der Waals surface area contributed by atoms with Gasteiger partial charge >= 0.3 is 0 Å². The quantitative estimate of drug-likeness (QED) is 0.736. The highest BCUT2D eigenvalue weighted by Crippen LogP contribution is 2.30. The second-order valence-electron chi connectivity index (χ2n) is 6.67. The molecule has 0 unspecified atom stereocenters. The monoisotopic (exact) mass is 346 g/mol. The molecule has 2 aromatic rings. The Hall–Kier alpha value is -2.32. The number of nitrogens with zero attached hydrogens (tertiary/aromatic N) is 4. The van der Waals surface area contributed by atoms with Crippen molar-refractivity contribution in [2.24, 2.45) is 0 Å². The van der Waals surface area contributed by atoms with Crippen molar-refractivity contribution in [2.45, 2.75) is 37.8 Å². The van der Waals surface area contributed by atoms with Crippen LogP contribution in [0.2, 0.25) is 0 Å². The third-order valence-electron chi connectivity index (χ3n) is 4.31. The Morgan fingerprint density at radius 1 is 1.20 bits per heavy atom. The lowest BCUT2D eigenvalue weighted by Gasteiger charge is -2.28. The van der Waals surface area contributed by atoms with E-state index in [2.05, 4.69) is 20.3 Å². The van der Waals surface area contributed by atoms with Gasteiger partial charge in [0.2, 0.25) is 11.9 Å². The van der Waals surface area contributed by atoms with Crippen LogP contribution in [0.3, 0.4) is 0 Å². The molecule has 1 aromatic carbocycles. The van der Waals surface area contributed by atoms with Crippen LogP contribution in [0.15, 0.2) is 24.3 Å². The van der Waals surface area contributed by atoms with E-state index in [4.69, 9.17) is 5.73 Å². The highest BCUT2D eigenvalue weighted by Gasteiger charge is 2.32. The van der Waals surface area contributed by atoms with Crippen molar-refractivity contribution in [3.05, 3.63) is 35.9 Å². The zero-order chi connectivity index (χ0) is 17.9. The Morgan fingerprint density at radius 3 is 2.56 bits per heavy atom. The molecule has 25 heavy (non-hydrogen) atoms. The molecule has 7 nitrogen and oxygen atoms in total. The number of hydrogen-bond acceptors (Lipinski definition) is 7. The Bertz CT molecular complexity index is 718. The van der Waals surface area contributed by atoms with Crippen LogP contribution in [0.1, 0.15) is 31.5 Å². The second-order valence-corrected chi connectivity index (χ2v) is 6.67. The predicted octanol–water partition coefficient (Wildman–Crippen LogP) is 2.07. The average Bonchev–Trinajstić information content (AvgIpc) is 2.95. The number of anilines is 3. The third-order valence-corrected chi connectivity index (χ3v) is 4.31. The molecule has 1 fully saturated rings. The Morgan fingerprint density at radius 2 is 1.88 bits per heavy atom. The smallest absolute Gasteiger partial charge is 0.232 e. The molecule has 1 saturated carbocycles. The van der Waals surface area contributed by atoms with E-state index in [0.29, 0.717) is 30.5 Å². The molecule has 0 saturated heterocycles. The van der Waals surface area contributed by atoms with Crippen LogP contribution < -0.4 is 11.1 Å². The standard InChI is InChI=1S/C17H23FN6O/c1-24(11-17(25)8-2-3-9-17)10-14-21-15(19)23-16(22-14)20-13-6-4-12(18)5-7-13/h4-7,25H,2-3,8-11H2,1H3,(H3,19,20,21,22,23). The molecule has 4 N–H and O–H groups in total. The number of rotatable bonds is 6. The lowest BCUT2D eigenvalue weighted by molar-refractivity contribution is 0.0140. The van der Waals surface area contributed by atoms with E-state index in [1.54, 1.807) is 12.1 Å². The molecule has 0 bridgehead atoms. The fraction of sp³-hybridized carbons (Fsp3) is 0.471. The van der Waals surface area contributed by atoms with Gasteiger partial charge in [-0.25, -0.2) is 4.39 Å². The van der Waals surface area contributed by atoms with Gasteiger partial charge in [-0.3, -0.25) is 4.90 Å². The third kappa shape index (κ3) is 4.83. The summed E-state index contributed by atoms with van der Waals surface area (Å²) in [6.45, 7) is 1.02. The molecule has 0 atom stereocenters. The summed E-state index contributed by atoms with van der Waals surface area (Å²) in [5.41, 5.74) is 5.81. The van der Waals surface area contributed by atoms with Crippen molar-refractivity contribution in [3.8, 4) is 0 Å². The number of aliphatic hydroxyl groups is 1. The topological polar surface area (TPSA) is 100 Å². The summed E-state index contributed by atoms with van der Waals surface area (Å²) in [4.78, 5) is 14.6. The van der Waals surface area contributed by atoms with E-state index in [9.17, 15) is 9.50 Å². The SMILES string of the molecule is CN(Cc1nc(N)nc(Nc2ccc(F)cc2)n1)CC1(O)CCCC1. The van der Waals surface area contributed by atoms with Crippen molar-refractivity contribution >= 4 is 17.6 Å². The first kappa shape index (κ1) is 17.5. The van der Waals surface area contributed by atoms with Crippen LogP contribution in [0, 0.1) is 5.82 Å². The first-order chi connectivity index (χ1) is 11.9. The number of aromatic nitrogens is 3. The van der Waals surface area contributed by atoms with Gasteiger partial charge in [-0.2, -0.15) is 15.0 Å². The van der Waals surface area contributed by atoms with E-state index in [1.165, 1.54) is 12.1 Å². The van der Waals surface area contributed by atoms with Crippen LogP contribution in [0.4, 0.5) is 22.0 Å². The highest BCUT2D eigenvalue weighted by molar-refractivity contribution is 5.53. The van der Waals surface area contributed by atoms with Gasteiger partial charge in [0.25, 0.3) is 0 Å². The van der Waals surface area contributed by atoms with E-state index in [0.717, 1.165) is 25.7 Å².